The van der Waals surface area contributed by atoms with Gasteiger partial charge in [-0.1, -0.05) is 6.07 Å². The number of carbonyl (C=O) groups excluding carboxylic acids is 1. The molecular weight excluding hydrogens is 260 g/mol. The Labute approximate surface area is 115 Å². The van der Waals surface area contributed by atoms with Crippen molar-refractivity contribution in [1.82, 2.24) is 9.78 Å². The molecule has 0 aliphatic heterocycles. The van der Waals surface area contributed by atoms with E-state index in [9.17, 15) is 9.59 Å². The van der Waals surface area contributed by atoms with Gasteiger partial charge in [-0.15, -0.1) is 0 Å². The Hall–Kier alpha value is -2.63. The quantitative estimate of drug-likeness (QED) is 0.788. The first-order chi connectivity index (χ1) is 9.65. The summed E-state index contributed by atoms with van der Waals surface area (Å²) in [6, 6.07) is 8.39. The number of nitrogens with zero attached hydrogens (tertiary/aromatic N) is 2. The maximum atomic E-state index is 11.6. The van der Waals surface area contributed by atoms with Gasteiger partial charge in [0.25, 0.3) is 0 Å². The predicted molar refractivity (Wildman–Crippen MR) is 72.3 cm³/mol. The zero-order valence-corrected chi connectivity index (χ0v) is 11.2. The maximum Gasteiger partial charge on any atom is 0.362 e. The van der Waals surface area contributed by atoms with Gasteiger partial charge in [0.15, 0.2) is 0 Å². The summed E-state index contributed by atoms with van der Waals surface area (Å²) in [6.07, 6.45) is 1.49. The summed E-state index contributed by atoms with van der Waals surface area (Å²) in [5.41, 5.74) is -0.0327. The maximum absolute atomic E-state index is 11.6. The molecule has 0 radical (unpaired) electrons. The highest BCUT2D eigenvalue weighted by Crippen LogP contribution is 2.15. The minimum Gasteiger partial charge on any atom is -0.497 e. The molecule has 0 saturated carbocycles. The number of hydrogen-bond donors (Lipinski definition) is 0. The molecule has 0 N–H and O–H groups in total. The molecule has 0 saturated heterocycles. The van der Waals surface area contributed by atoms with Gasteiger partial charge in [-0.2, -0.15) is 5.10 Å². The normalized spacial score (nSPS) is 10.1. The summed E-state index contributed by atoms with van der Waals surface area (Å²) in [7, 11) is 1.56. The Bertz CT molecular complexity index is 679. The molecule has 0 atom stereocenters. The highest BCUT2D eigenvalue weighted by molar-refractivity contribution is 5.86. The van der Waals surface area contributed by atoms with E-state index in [-0.39, 0.29) is 12.3 Å². The fraction of sp³-hybridized carbons (Fsp3) is 0.214. The second kappa shape index (κ2) is 6.01. The zero-order chi connectivity index (χ0) is 14.5. The van der Waals surface area contributed by atoms with Crippen LogP contribution in [0.15, 0.2) is 41.3 Å². The van der Waals surface area contributed by atoms with Crippen LogP contribution >= 0.6 is 0 Å². The summed E-state index contributed by atoms with van der Waals surface area (Å²) < 4.78 is 11.4. The molecule has 0 aliphatic carbocycles. The van der Waals surface area contributed by atoms with Crippen LogP contribution in [0.3, 0.4) is 0 Å². The second-order valence-electron chi connectivity index (χ2n) is 3.90. The first-order valence-corrected chi connectivity index (χ1v) is 6.07. The molecule has 2 rings (SSSR count). The molecule has 0 amide bonds. The fourth-order valence-electron chi connectivity index (χ4n) is 1.65. The summed E-state index contributed by atoms with van der Waals surface area (Å²) in [6.45, 7) is 1.86. The average molecular weight is 274 g/mol. The lowest BCUT2D eigenvalue weighted by atomic mass is 10.3. The molecule has 20 heavy (non-hydrogen) atoms. The summed E-state index contributed by atoms with van der Waals surface area (Å²) >= 11 is 0. The number of aromatic nitrogens is 2. The molecule has 0 spiro atoms. The van der Waals surface area contributed by atoms with Gasteiger partial charge in [-0.25, -0.2) is 9.48 Å². The lowest BCUT2D eigenvalue weighted by molar-refractivity contribution is 0.0515. The van der Waals surface area contributed by atoms with E-state index >= 15 is 0 Å². The fourth-order valence-corrected chi connectivity index (χ4v) is 1.65. The molecule has 1 heterocycles. The van der Waals surface area contributed by atoms with Crippen molar-refractivity contribution in [3.8, 4) is 11.4 Å². The van der Waals surface area contributed by atoms with Crippen LogP contribution in [0.4, 0.5) is 0 Å². The Kier molecular flexibility index (Phi) is 4.14. The number of methoxy groups -OCH3 is 1. The average Bonchev–Trinajstić information content (AvgIpc) is 2.48. The van der Waals surface area contributed by atoms with Crippen molar-refractivity contribution in [3.05, 3.63) is 52.4 Å². The monoisotopic (exact) mass is 274 g/mol. The van der Waals surface area contributed by atoms with Gasteiger partial charge in [0.2, 0.25) is 11.1 Å². The standard InChI is InChI=1S/C14H14N2O4/c1-3-20-14(18)13-12(17)7-8-16(15-13)10-5-4-6-11(9-10)19-2/h4-9H,3H2,1-2H3. The minimum absolute atomic E-state index is 0.188. The van der Waals surface area contributed by atoms with Crippen LogP contribution < -0.4 is 10.2 Å². The number of carbonyl (C=O) groups is 1. The van der Waals surface area contributed by atoms with Gasteiger partial charge in [-0.3, -0.25) is 4.79 Å². The van der Waals surface area contributed by atoms with E-state index in [0.717, 1.165) is 0 Å². The van der Waals surface area contributed by atoms with E-state index in [4.69, 9.17) is 9.47 Å². The molecule has 1 aromatic carbocycles. The first kappa shape index (κ1) is 13.8. The van der Waals surface area contributed by atoms with Crippen molar-refractivity contribution < 1.29 is 14.3 Å². The SMILES string of the molecule is CCOC(=O)c1nn(-c2cccc(OC)c2)ccc1=O. The molecule has 0 fully saturated rings. The molecule has 1 aromatic heterocycles. The van der Waals surface area contributed by atoms with Gasteiger partial charge in [0, 0.05) is 18.3 Å². The third-order valence-electron chi connectivity index (χ3n) is 2.59. The molecule has 0 aliphatic rings. The Morgan fingerprint density at radius 1 is 1.35 bits per heavy atom. The molecule has 0 bridgehead atoms. The summed E-state index contributed by atoms with van der Waals surface area (Å²) in [5, 5.41) is 4.01. The molecule has 6 heteroatoms. The summed E-state index contributed by atoms with van der Waals surface area (Å²) in [4.78, 5) is 23.3. The van der Waals surface area contributed by atoms with Crippen molar-refractivity contribution >= 4 is 5.97 Å². The smallest absolute Gasteiger partial charge is 0.362 e. The number of rotatable bonds is 4. The van der Waals surface area contributed by atoms with Gasteiger partial charge in [0.1, 0.15) is 5.75 Å². The molecule has 0 unspecified atom stereocenters. The Balaban J connectivity index is 2.45. The van der Waals surface area contributed by atoms with E-state index in [1.165, 1.54) is 16.9 Å². The highest BCUT2D eigenvalue weighted by Gasteiger charge is 2.14. The van der Waals surface area contributed by atoms with E-state index < -0.39 is 11.4 Å². The second-order valence-corrected chi connectivity index (χ2v) is 3.90. The van der Waals surface area contributed by atoms with Crippen molar-refractivity contribution in [1.29, 1.82) is 0 Å². The van der Waals surface area contributed by atoms with Crippen LogP contribution in [0.1, 0.15) is 17.4 Å². The molecular formula is C14H14N2O4. The van der Waals surface area contributed by atoms with E-state index in [1.807, 2.05) is 0 Å². The zero-order valence-electron chi connectivity index (χ0n) is 11.2. The Morgan fingerprint density at radius 3 is 2.85 bits per heavy atom. The topological polar surface area (TPSA) is 70.4 Å². The van der Waals surface area contributed by atoms with Crippen molar-refractivity contribution in [2.24, 2.45) is 0 Å². The van der Waals surface area contributed by atoms with E-state index in [2.05, 4.69) is 5.10 Å². The van der Waals surface area contributed by atoms with Gasteiger partial charge < -0.3 is 9.47 Å². The van der Waals surface area contributed by atoms with Crippen LogP contribution in [-0.2, 0) is 4.74 Å². The largest absolute Gasteiger partial charge is 0.497 e. The highest BCUT2D eigenvalue weighted by atomic mass is 16.5. The van der Waals surface area contributed by atoms with Gasteiger partial charge in [-0.05, 0) is 19.1 Å². The first-order valence-electron chi connectivity index (χ1n) is 6.07. The third-order valence-corrected chi connectivity index (χ3v) is 2.59. The van der Waals surface area contributed by atoms with Gasteiger partial charge >= 0.3 is 5.97 Å². The van der Waals surface area contributed by atoms with Crippen molar-refractivity contribution in [2.45, 2.75) is 6.92 Å². The molecule has 2 aromatic rings. The minimum atomic E-state index is -0.727. The van der Waals surface area contributed by atoms with Crippen molar-refractivity contribution in [2.75, 3.05) is 13.7 Å². The van der Waals surface area contributed by atoms with Gasteiger partial charge in [0.05, 0.1) is 19.4 Å². The van der Waals surface area contributed by atoms with Crippen molar-refractivity contribution in [3.63, 3.8) is 0 Å². The van der Waals surface area contributed by atoms with E-state index in [1.54, 1.807) is 38.3 Å². The van der Waals surface area contributed by atoms with Crippen LogP contribution in [0, 0.1) is 0 Å². The van der Waals surface area contributed by atoms with Crippen LogP contribution in [0.2, 0.25) is 0 Å². The molecule has 104 valence electrons. The number of esters is 1. The Morgan fingerprint density at radius 2 is 2.15 bits per heavy atom. The predicted octanol–water partition coefficient (Wildman–Crippen LogP) is 1.42. The van der Waals surface area contributed by atoms with Crippen LogP contribution in [0.5, 0.6) is 5.75 Å². The van der Waals surface area contributed by atoms with E-state index in [0.29, 0.717) is 11.4 Å². The summed E-state index contributed by atoms with van der Waals surface area (Å²) in [5.74, 6) is -0.0737. The number of ether oxygens (including phenoxy) is 2. The number of benzene rings is 1. The third kappa shape index (κ3) is 2.85. The molecule has 6 nitrogen and oxygen atoms in total. The lowest BCUT2D eigenvalue weighted by Crippen LogP contribution is -2.22. The van der Waals surface area contributed by atoms with Crippen LogP contribution in [-0.4, -0.2) is 29.5 Å². The lowest BCUT2D eigenvalue weighted by Gasteiger charge is -2.08. The number of hydrogen-bond acceptors (Lipinski definition) is 5. The van der Waals surface area contributed by atoms with Crippen LogP contribution in [0.25, 0.3) is 5.69 Å².